The monoisotopic (exact) mass is 270 g/mol. The second-order valence-corrected chi connectivity index (χ2v) is 5.22. The number of pyridine rings is 1. The molecule has 1 unspecified atom stereocenters. The maximum Gasteiger partial charge on any atom is 0.129 e. The average Bonchev–Trinajstić information content (AvgIpc) is 2.15. The summed E-state index contributed by atoms with van der Waals surface area (Å²) in [6.45, 7) is 6.74. The number of hydrogen-bond donors (Lipinski definition) is 0. The molecule has 3 heteroatoms. The third-order valence-electron chi connectivity index (χ3n) is 2.54. The Morgan fingerprint density at radius 3 is 2.53 bits per heavy atom. The summed E-state index contributed by atoms with van der Waals surface area (Å²) >= 11 is 3.39. The minimum Gasteiger partial charge on any atom is -0.357 e. The number of anilines is 1. The lowest BCUT2D eigenvalue weighted by Crippen LogP contribution is -2.30. The summed E-state index contributed by atoms with van der Waals surface area (Å²) in [5.74, 6) is 1.74. The molecule has 84 valence electrons. The second kappa shape index (κ2) is 5.50. The van der Waals surface area contributed by atoms with Gasteiger partial charge in [-0.25, -0.2) is 4.98 Å². The first-order valence-corrected chi connectivity index (χ1v) is 6.15. The third-order valence-corrected chi connectivity index (χ3v) is 2.98. The molecule has 0 fully saturated rings. The summed E-state index contributed by atoms with van der Waals surface area (Å²) in [5, 5.41) is 0. The van der Waals surface area contributed by atoms with E-state index >= 15 is 0 Å². The number of hydrogen-bond acceptors (Lipinski definition) is 2. The Labute approximate surface area is 101 Å². The molecule has 1 aromatic heterocycles. The highest BCUT2D eigenvalue weighted by Crippen LogP contribution is 2.18. The van der Waals surface area contributed by atoms with Crippen LogP contribution in [0.2, 0.25) is 0 Å². The molecule has 0 bridgehead atoms. The van der Waals surface area contributed by atoms with Crippen LogP contribution < -0.4 is 4.90 Å². The van der Waals surface area contributed by atoms with Crippen molar-refractivity contribution in [2.75, 3.05) is 11.9 Å². The molecule has 0 aliphatic heterocycles. The Hall–Kier alpha value is -0.570. The van der Waals surface area contributed by atoms with E-state index in [1.807, 2.05) is 18.2 Å². The van der Waals surface area contributed by atoms with Gasteiger partial charge in [0.15, 0.2) is 0 Å². The molecule has 0 N–H and O–H groups in total. The maximum atomic E-state index is 4.44. The van der Waals surface area contributed by atoms with E-state index in [0.29, 0.717) is 6.04 Å². The highest BCUT2D eigenvalue weighted by atomic mass is 79.9. The highest BCUT2D eigenvalue weighted by Gasteiger charge is 2.12. The Kier molecular flexibility index (Phi) is 4.58. The van der Waals surface area contributed by atoms with Gasteiger partial charge in [0, 0.05) is 13.1 Å². The van der Waals surface area contributed by atoms with Crippen LogP contribution in [0.15, 0.2) is 22.8 Å². The number of rotatable bonds is 4. The van der Waals surface area contributed by atoms with Crippen LogP contribution in [0, 0.1) is 5.92 Å². The van der Waals surface area contributed by atoms with Gasteiger partial charge in [0.05, 0.1) is 0 Å². The van der Waals surface area contributed by atoms with Crippen molar-refractivity contribution in [1.82, 2.24) is 4.98 Å². The second-order valence-electron chi connectivity index (χ2n) is 4.41. The lowest BCUT2D eigenvalue weighted by molar-refractivity contribution is 0.502. The molecule has 0 aliphatic rings. The summed E-state index contributed by atoms with van der Waals surface area (Å²) < 4.78 is 0.892. The van der Waals surface area contributed by atoms with Crippen molar-refractivity contribution < 1.29 is 0 Å². The van der Waals surface area contributed by atoms with E-state index in [0.717, 1.165) is 16.3 Å². The van der Waals surface area contributed by atoms with Crippen molar-refractivity contribution in [2.24, 2.45) is 5.92 Å². The minimum atomic E-state index is 0.520. The van der Waals surface area contributed by atoms with Gasteiger partial charge in [0.2, 0.25) is 0 Å². The van der Waals surface area contributed by atoms with Gasteiger partial charge in [-0.15, -0.1) is 0 Å². The van der Waals surface area contributed by atoms with Crippen molar-refractivity contribution in [2.45, 2.75) is 33.2 Å². The van der Waals surface area contributed by atoms with E-state index in [1.165, 1.54) is 6.42 Å². The number of halogens is 1. The van der Waals surface area contributed by atoms with Gasteiger partial charge < -0.3 is 4.90 Å². The van der Waals surface area contributed by atoms with Crippen molar-refractivity contribution in [3.05, 3.63) is 22.8 Å². The van der Waals surface area contributed by atoms with Crippen LogP contribution in [0.3, 0.4) is 0 Å². The van der Waals surface area contributed by atoms with Crippen LogP contribution in [0.4, 0.5) is 5.82 Å². The molecule has 1 aromatic rings. The van der Waals surface area contributed by atoms with Gasteiger partial charge in [-0.3, -0.25) is 0 Å². The van der Waals surface area contributed by atoms with E-state index in [2.05, 4.69) is 53.6 Å². The standard InChI is InChI=1S/C12H19BrN2/c1-9(2)8-10(3)15(4)12-7-5-6-11(13)14-12/h5-7,9-10H,8H2,1-4H3. The fourth-order valence-electron chi connectivity index (χ4n) is 1.66. The Balaban J connectivity index is 2.71. The molecular formula is C12H19BrN2. The Morgan fingerprint density at radius 2 is 2.00 bits per heavy atom. The van der Waals surface area contributed by atoms with E-state index in [4.69, 9.17) is 0 Å². The molecule has 0 aromatic carbocycles. The highest BCUT2D eigenvalue weighted by molar-refractivity contribution is 9.10. The van der Waals surface area contributed by atoms with Crippen molar-refractivity contribution >= 4 is 21.7 Å². The summed E-state index contributed by atoms with van der Waals surface area (Å²) in [5.41, 5.74) is 0. The average molecular weight is 271 g/mol. The maximum absolute atomic E-state index is 4.44. The van der Waals surface area contributed by atoms with Crippen LogP contribution >= 0.6 is 15.9 Å². The molecule has 0 spiro atoms. The van der Waals surface area contributed by atoms with Gasteiger partial charge in [0.25, 0.3) is 0 Å². The van der Waals surface area contributed by atoms with Crippen molar-refractivity contribution in [3.8, 4) is 0 Å². The first kappa shape index (κ1) is 12.5. The van der Waals surface area contributed by atoms with Crippen molar-refractivity contribution in [3.63, 3.8) is 0 Å². The topological polar surface area (TPSA) is 16.1 Å². The summed E-state index contributed by atoms with van der Waals surface area (Å²) in [7, 11) is 2.10. The van der Waals surface area contributed by atoms with E-state index in [1.54, 1.807) is 0 Å². The van der Waals surface area contributed by atoms with E-state index in [9.17, 15) is 0 Å². The Morgan fingerprint density at radius 1 is 1.33 bits per heavy atom. The van der Waals surface area contributed by atoms with Crippen molar-refractivity contribution in [1.29, 1.82) is 0 Å². The SMILES string of the molecule is CC(C)CC(C)N(C)c1cccc(Br)n1. The van der Waals surface area contributed by atoms with Gasteiger partial charge in [-0.2, -0.15) is 0 Å². The first-order chi connectivity index (χ1) is 7.00. The molecule has 1 rings (SSSR count). The molecule has 0 radical (unpaired) electrons. The minimum absolute atomic E-state index is 0.520. The predicted octanol–water partition coefficient (Wildman–Crippen LogP) is 3.71. The summed E-state index contributed by atoms with van der Waals surface area (Å²) in [4.78, 5) is 6.67. The molecule has 15 heavy (non-hydrogen) atoms. The smallest absolute Gasteiger partial charge is 0.129 e. The first-order valence-electron chi connectivity index (χ1n) is 5.36. The van der Waals surface area contributed by atoms with E-state index < -0.39 is 0 Å². The fourth-order valence-corrected chi connectivity index (χ4v) is 1.99. The molecule has 0 amide bonds. The van der Waals surface area contributed by atoms with Crippen LogP contribution in [0.5, 0.6) is 0 Å². The lowest BCUT2D eigenvalue weighted by Gasteiger charge is -2.27. The number of aromatic nitrogens is 1. The Bertz CT molecular complexity index is 312. The van der Waals surface area contributed by atoms with E-state index in [-0.39, 0.29) is 0 Å². The lowest BCUT2D eigenvalue weighted by atomic mass is 10.0. The molecule has 0 saturated heterocycles. The van der Waals surface area contributed by atoms with Gasteiger partial charge in [-0.05, 0) is 47.3 Å². The predicted molar refractivity (Wildman–Crippen MR) is 69.3 cm³/mol. The molecule has 1 atom stereocenters. The zero-order valence-corrected chi connectivity index (χ0v) is 11.5. The fraction of sp³-hybridized carbons (Fsp3) is 0.583. The van der Waals surface area contributed by atoms with Gasteiger partial charge in [-0.1, -0.05) is 19.9 Å². The molecule has 1 heterocycles. The van der Waals surface area contributed by atoms with Gasteiger partial charge >= 0.3 is 0 Å². The number of nitrogens with zero attached hydrogens (tertiary/aromatic N) is 2. The summed E-state index contributed by atoms with van der Waals surface area (Å²) in [6.07, 6.45) is 1.19. The molecule has 0 saturated carbocycles. The quantitative estimate of drug-likeness (QED) is 0.776. The summed E-state index contributed by atoms with van der Waals surface area (Å²) in [6, 6.07) is 6.53. The zero-order valence-electron chi connectivity index (χ0n) is 9.87. The third kappa shape index (κ3) is 3.82. The van der Waals surface area contributed by atoms with Gasteiger partial charge in [0.1, 0.15) is 10.4 Å². The van der Waals surface area contributed by atoms with Crippen LogP contribution in [-0.2, 0) is 0 Å². The zero-order chi connectivity index (χ0) is 11.4. The van der Waals surface area contributed by atoms with Crippen LogP contribution in [-0.4, -0.2) is 18.1 Å². The van der Waals surface area contributed by atoms with Crippen LogP contribution in [0.25, 0.3) is 0 Å². The normalized spacial score (nSPS) is 12.9. The van der Waals surface area contributed by atoms with Crippen LogP contribution in [0.1, 0.15) is 27.2 Å². The molecular weight excluding hydrogens is 252 g/mol. The molecule has 2 nitrogen and oxygen atoms in total. The largest absolute Gasteiger partial charge is 0.357 e. The molecule has 0 aliphatic carbocycles.